The Morgan fingerprint density at radius 3 is 2.08 bits per heavy atom. The van der Waals surface area contributed by atoms with E-state index < -0.39 is 24.1 Å². The summed E-state index contributed by atoms with van der Waals surface area (Å²) in [6.07, 6.45) is 1.79. The molecular weight excluding hydrogens is 620 g/mol. The number of amides is 3. The molecule has 10 nitrogen and oxygen atoms in total. The quantitative estimate of drug-likeness (QED) is 0.0686. The summed E-state index contributed by atoms with van der Waals surface area (Å²) in [5.74, 6) is 0.160. The fourth-order valence-electron chi connectivity index (χ4n) is 5.16. The number of nitrogens with one attached hydrogen (secondary N) is 4. The zero-order valence-corrected chi connectivity index (χ0v) is 29.5. The third-order valence-corrected chi connectivity index (χ3v) is 8.28. The highest BCUT2D eigenvalue weighted by Crippen LogP contribution is 2.23. The number of unbranched alkanes of at least 4 members (excludes halogenated alkanes) is 1. The van der Waals surface area contributed by atoms with Gasteiger partial charge in [-0.2, -0.15) is 5.48 Å². The molecule has 49 heavy (non-hydrogen) atoms. The van der Waals surface area contributed by atoms with Crippen molar-refractivity contribution in [1.29, 1.82) is 0 Å². The van der Waals surface area contributed by atoms with Gasteiger partial charge < -0.3 is 25.8 Å². The van der Waals surface area contributed by atoms with Crippen molar-refractivity contribution in [2.75, 3.05) is 6.54 Å². The molecule has 3 aromatic carbocycles. The van der Waals surface area contributed by atoms with Crippen LogP contribution in [0.1, 0.15) is 88.2 Å². The Kier molecular flexibility index (Phi) is 16.8. The summed E-state index contributed by atoms with van der Waals surface area (Å²) in [4.78, 5) is 44.8. The summed E-state index contributed by atoms with van der Waals surface area (Å²) < 4.78 is 5.97. The van der Waals surface area contributed by atoms with Crippen LogP contribution in [-0.4, -0.2) is 47.6 Å². The van der Waals surface area contributed by atoms with Gasteiger partial charge in [0.25, 0.3) is 5.91 Å². The first-order valence-electron chi connectivity index (χ1n) is 17.4. The van der Waals surface area contributed by atoms with Crippen LogP contribution < -0.4 is 26.2 Å². The molecule has 0 fully saturated rings. The van der Waals surface area contributed by atoms with Crippen molar-refractivity contribution in [2.24, 2.45) is 11.8 Å². The molecule has 0 aliphatic carbocycles. The van der Waals surface area contributed by atoms with Crippen LogP contribution in [0, 0.1) is 11.8 Å². The molecule has 0 spiro atoms. The molecule has 10 heteroatoms. The molecule has 0 radical (unpaired) electrons. The molecule has 0 saturated carbocycles. The van der Waals surface area contributed by atoms with Crippen LogP contribution in [0.4, 0.5) is 0 Å². The van der Waals surface area contributed by atoms with E-state index in [4.69, 9.17) is 9.57 Å². The van der Waals surface area contributed by atoms with Crippen LogP contribution in [-0.2, 0) is 27.6 Å². The van der Waals surface area contributed by atoms with Gasteiger partial charge in [-0.1, -0.05) is 89.9 Å². The molecule has 0 aromatic heterocycles. The summed E-state index contributed by atoms with van der Waals surface area (Å²) in [5, 5.41) is 19.6. The van der Waals surface area contributed by atoms with Crippen LogP contribution >= 0.6 is 0 Å². The van der Waals surface area contributed by atoms with E-state index in [-0.39, 0.29) is 30.1 Å². The minimum atomic E-state index is -1.06. The van der Waals surface area contributed by atoms with Crippen LogP contribution in [0.3, 0.4) is 0 Å². The Morgan fingerprint density at radius 1 is 0.816 bits per heavy atom. The molecule has 266 valence electrons. The van der Waals surface area contributed by atoms with E-state index in [1.165, 1.54) is 0 Å². The first-order valence-corrected chi connectivity index (χ1v) is 17.4. The number of aliphatic hydroxyl groups excluding tert-OH is 1. The van der Waals surface area contributed by atoms with Crippen LogP contribution in [0.5, 0.6) is 11.5 Å². The van der Waals surface area contributed by atoms with Crippen molar-refractivity contribution in [2.45, 2.75) is 98.1 Å². The second-order valence-electron chi connectivity index (χ2n) is 12.9. The maximum atomic E-state index is 13.5. The van der Waals surface area contributed by atoms with Gasteiger partial charge >= 0.3 is 0 Å². The molecule has 3 aromatic rings. The Hall–Kier alpha value is -4.25. The molecule has 0 heterocycles. The highest BCUT2D eigenvalue weighted by Gasteiger charge is 2.31. The van der Waals surface area contributed by atoms with Gasteiger partial charge in [-0.15, -0.1) is 0 Å². The molecule has 4 atom stereocenters. The largest absolute Gasteiger partial charge is 0.457 e. The van der Waals surface area contributed by atoms with Gasteiger partial charge in [0.15, 0.2) is 0 Å². The molecule has 0 bridgehead atoms. The van der Waals surface area contributed by atoms with E-state index in [0.717, 1.165) is 24.0 Å². The molecule has 3 rings (SSSR count). The van der Waals surface area contributed by atoms with Crippen LogP contribution in [0.25, 0.3) is 0 Å². The Morgan fingerprint density at radius 2 is 1.47 bits per heavy atom. The van der Waals surface area contributed by atoms with Crippen molar-refractivity contribution < 1.29 is 29.1 Å². The number of rotatable bonds is 21. The number of hydrogen-bond acceptors (Lipinski definition) is 7. The standard InChI is InChI=1S/C39H54N4O6/c1-6-8-22-40-36(45)24-35(44)34(23-27(3)4)42-39(47)37(28(5)7-2)43-38(46)31-16-20-33(21-17-31)49-32-18-14-30(15-19-32)26-48-41-25-29-12-10-9-11-13-29/h9-21,27-28,34-35,37,41,44H,6-8,22-26H2,1-5H3,(H,40,45)(H,42,47)(H,43,46)/t28?,34-,35-,37-/m0/s1. The maximum absolute atomic E-state index is 13.5. The van der Waals surface area contributed by atoms with E-state index in [0.29, 0.717) is 49.6 Å². The van der Waals surface area contributed by atoms with E-state index in [1.807, 2.05) is 89.2 Å². The highest BCUT2D eigenvalue weighted by molar-refractivity contribution is 5.97. The van der Waals surface area contributed by atoms with Gasteiger partial charge in [-0.25, -0.2) is 0 Å². The molecule has 5 N–H and O–H groups in total. The van der Waals surface area contributed by atoms with Crippen LogP contribution in [0.15, 0.2) is 78.9 Å². The Balaban J connectivity index is 1.55. The summed E-state index contributed by atoms with van der Waals surface area (Å²) in [7, 11) is 0. The maximum Gasteiger partial charge on any atom is 0.251 e. The molecular formula is C39H54N4O6. The molecule has 0 aliphatic heterocycles. The zero-order chi connectivity index (χ0) is 35.6. The van der Waals surface area contributed by atoms with Crippen molar-refractivity contribution in [3.8, 4) is 11.5 Å². The molecule has 3 amide bonds. The summed E-state index contributed by atoms with van der Waals surface area (Å²) in [5.41, 5.74) is 5.47. The summed E-state index contributed by atoms with van der Waals surface area (Å²) >= 11 is 0. The lowest BCUT2D eigenvalue weighted by Crippen LogP contribution is -2.55. The SMILES string of the molecule is CCCCNC(=O)C[C@H](O)[C@H](CC(C)C)NC(=O)[C@@H](NC(=O)c1ccc(Oc2ccc(CONCc3ccccc3)cc2)cc1)C(C)CC. The predicted molar refractivity (Wildman–Crippen MR) is 192 cm³/mol. The number of carbonyl (C=O) groups is 3. The fourth-order valence-corrected chi connectivity index (χ4v) is 5.16. The average Bonchev–Trinajstić information content (AvgIpc) is 3.09. The summed E-state index contributed by atoms with van der Waals surface area (Å²) in [6.45, 7) is 11.4. The lowest BCUT2D eigenvalue weighted by Gasteiger charge is -2.30. The van der Waals surface area contributed by atoms with E-state index in [9.17, 15) is 19.5 Å². The predicted octanol–water partition coefficient (Wildman–Crippen LogP) is 6.04. The third kappa shape index (κ3) is 14.0. The third-order valence-electron chi connectivity index (χ3n) is 8.28. The van der Waals surface area contributed by atoms with Crippen molar-refractivity contribution in [1.82, 2.24) is 21.4 Å². The number of hydrogen-bond donors (Lipinski definition) is 5. The zero-order valence-electron chi connectivity index (χ0n) is 29.5. The topological polar surface area (TPSA) is 138 Å². The highest BCUT2D eigenvalue weighted by atomic mass is 16.6. The van der Waals surface area contributed by atoms with Gasteiger partial charge in [-0.3, -0.25) is 19.2 Å². The van der Waals surface area contributed by atoms with E-state index in [1.54, 1.807) is 24.3 Å². The number of carbonyl (C=O) groups excluding carboxylic acids is 3. The number of aliphatic hydroxyl groups is 1. The molecule has 1 unspecified atom stereocenters. The van der Waals surface area contributed by atoms with Crippen molar-refractivity contribution >= 4 is 17.7 Å². The molecule has 0 saturated heterocycles. The number of hydroxylamine groups is 1. The second kappa shape index (κ2) is 21.0. The fraction of sp³-hybridized carbons (Fsp3) is 0.462. The van der Waals surface area contributed by atoms with E-state index >= 15 is 0 Å². The van der Waals surface area contributed by atoms with E-state index in [2.05, 4.69) is 21.4 Å². The number of ether oxygens (including phenoxy) is 1. The van der Waals surface area contributed by atoms with Gasteiger partial charge in [0.2, 0.25) is 11.8 Å². The normalized spacial score (nSPS) is 13.6. The monoisotopic (exact) mass is 674 g/mol. The first kappa shape index (κ1) is 39.2. The summed E-state index contributed by atoms with van der Waals surface area (Å²) in [6, 6.07) is 22.8. The Bertz CT molecular complexity index is 1420. The Labute approximate surface area is 291 Å². The second-order valence-corrected chi connectivity index (χ2v) is 12.9. The lowest BCUT2D eigenvalue weighted by atomic mass is 9.94. The van der Waals surface area contributed by atoms with Gasteiger partial charge in [0.1, 0.15) is 17.5 Å². The first-order chi connectivity index (χ1) is 23.6. The average molecular weight is 675 g/mol. The number of benzene rings is 3. The van der Waals surface area contributed by atoms with Gasteiger partial charge in [0.05, 0.1) is 25.2 Å². The van der Waals surface area contributed by atoms with Crippen molar-refractivity contribution in [3.05, 3.63) is 95.6 Å². The van der Waals surface area contributed by atoms with Gasteiger partial charge in [0, 0.05) is 18.7 Å². The minimum Gasteiger partial charge on any atom is -0.457 e. The lowest BCUT2D eigenvalue weighted by molar-refractivity contribution is -0.128. The smallest absolute Gasteiger partial charge is 0.251 e. The van der Waals surface area contributed by atoms with Crippen molar-refractivity contribution in [3.63, 3.8) is 0 Å². The van der Waals surface area contributed by atoms with Crippen LogP contribution in [0.2, 0.25) is 0 Å². The minimum absolute atomic E-state index is 0.110. The van der Waals surface area contributed by atoms with Gasteiger partial charge in [-0.05, 0) is 72.2 Å². The molecule has 0 aliphatic rings.